The van der Waals surface area contributed by atoms with Crippen LogP contribution in [0.25, 0.3) is 5.70 Å². The topological polar surface area (TPSA) is 102 Å². The molecule has 1 saturated heterocycles. The van der Waals surface area contributed by atoms with E-state index in [1.165, 1.54) is 4.90 Å². The van der Waals surface area contributed by atoms with Gasteiger partial charge in [0.15, 0.2) is 0 Å². The van der Waals surface area contributed by atoms with E-state index >= 15 is 0 Å². The Morgan fingerprint density at radius 2 is 1.92 bits per heavy atom. The number of rotatable bonds is 2. The summed E-state index contributed by atoms with van der Waals surface area (Å²) in [6.07, 6.45) is 1.29. The summed E-state index contributed by atoms with van der Waals surface area (Å²) in [6.45, 7) is 5.28. The average molecular weight is 357 g/mol. The highest BCUT2D eigenvalue weighted by molar-refractivity contribution is 6.00. The molecule has 7 nitrogen and oxygen atoms in total. The fourth-order valence-corrected chi connectivity index (χ4v) is 3.37. The molecule has 2 heterocycles. The summed E-state index contributed by atoms with van der Waals surface area (Å²) in [5.74, 6) is -0.893. The lowest BCUT2D eigenvalue weighted by Crippen LogP contribution is -2.46. The Morgan fingerprint density at radius 3 is 2.50 bits per heavy atom. The molecule has 0 aliphatic carbocycles. The van der Waals surface area contributed by atoms with E-state index in [-0.39, 0.29) is 18.9 Å². The largest absolute Gasteiger partial charge is 0.444 e. The Morgan fingerprint density at radius 1 is 1.27 bits per heavy atom. The highest BCUT2D eigenvalue weighted by Crippen LogP contribution is 2.42. The van der Waals surface area contributed by atoms with Gasteiger partial charge in [0, 0.05) is 12.2 Å². The van der Waals surface area contributed by atoms with Crippen LogP contribution in [-0.4, -0.2) is 41.0 Å². The summed E-state index contributed by atoms with van der Waals surface area (Å²) >= 11 is 0. The van der Waals surface area contributed by atoms with E-state index in [0.29, 0.717) is 5.70 Å². The molecule has 0 bridgehead atoms. The SMILES string of the molecule is CC(C)(C)OC(=O)N1C[C@]2(C=C(c3ccccc3)NC2=O)C[C@H]1C(N)=O. The molecule has 3 rings (SSSR count). The molecule has 2 aliphatic heterocycles. The minimum absolute atomic E-state index is 0.0533. The normalized spacial score (nSPS) is 25.2. The van der Waals surface area contributed by atoms with Crippen molar-refractivity contribution in [2.75, 3.05) is 6.54 Å². The third-order valence-corrected chi connectivity index (χ3v) is 4.55. The Labute approximate surface area is 152 Å². The van der Waals surface area contributed by atoms with E-state index in [1.54, 1.807) is 26.8 Å². The molecule has 0 aromatic heterocycles. The average Bonchev–Trinajstić information content (AvgIpc) is 3.09. The lowest BCUT2D eigenvalue weighted by atomic mass is 9.85. The van der Waals surface area contributed by atoms with Crippen LogP contribution >= 0.6 is 0 Å². The smallest absolute Gasteiger partial charge is 0.411 e. The predicted molar refractivity (Wildman–Crippen MR) is 95.5 cm³/mol. The van der Waals surface area contributed by atoms with Crippen molar-refractivity contribution in [1.29, 1.82) is 0 Å². The van der Waals surface area contributed by atoms with E-state index in [9.17, 15) is 14.4 Å². The van der Waals surface area contributed by atoms with E-state index in [4.69, 9.17) is 10.5 Å². The lowest BCUT2D eigenvalue weighted by molar-refractivity contribution is -0.125. The molecule has 3 amide bonds. The maximum Gasteiger partial charge on any atom is 0.411 e. The molecule has 1 spiro atoms. The summed E-state index contributed by atoms with van der Waals surface area (Å²) in [7, 11) is 0. The molecule has 0 unspecified atom stereocenters. The monoisotopic (exact) mass is 357 g/mol. The molecule has 1 aromatic rings. The highest BCUT2D eigenvalue weighted by atomic mass is 16.6. The summed E-state index contributed by atoms with van der Waals surface area (Å²) in [5.41, 5.74) is 5.33. The van der Waals surface area contributed by atoms with Crippen molar-refractivity contribution in [2.24, 2.45) is 11.1 Å². The first-order valence-corrected chi connectivity index (χ1v) is 8.50. The molecule has 1 fully saturated rings. The van der Waals surface area contributed by atoms with Crippen LogP contribution in [0.5, 0.6) is 0 Å². The number of nitrogens with zero attached hydrogens (tertiary/aromatic N) is 1. The van der Waals surface area contributed by atoms with Crippen LogP contribution in [0.3, 0.4) is 0 Å². The third kappa shape index (κ3) is 3.29. The van der Waals surface area contributed by atoms with Gasteiger partial charge in [0.1, 0.15) is 11.6 Å². The Balaban J connectivity index is 1.91. The van der Waals surface area contributed by atoms with Crippen LogP contribution < -0.4 is 11.1 Å². The number of nitrogens with one attached hydrogen (secondary N) is 1. The van der Waals surface area contributed by atoms with Crippen LogP contribution in [-0.2, 0) is 14.3 Å². The zero-order valence-electron chi connectivity index (χ0n) is 15.1. The van der Waals surface area contributed by atoms with Gasteiger partial charge in [-0.3, -0.25) is 14.5 Å². The van der Waals surface area contributed by atoms with Crippen molar-refractivity contribution in [3.8, 4) is 0 Å². The van der Waals surface area contributed by atoms with Crippen molar-refractivity contribution in [3.05, 3.63) is 42.0 Å². The summed E-state index contributed by atoms with van der Waals surface area (Å²) in [4.78, 5) is 38.4. The van der Waals surface area contributed by atoms with Gasteiger partial charge in [-0.05, 0) is 38.8 Å². The van der Waals surface area contributed by atoms with Crippen LogP contribution in [0.2, 0.25) is 0 Å². The number of carbonyl (C=O) groups is 3. The van der Waals surface area contributed by atoms with Crippen LogP contribution in [0.1, 0.15) is 32.8 Å². The Hall–Kier alpha value is -2.83. The summed E-state index contributed by atoms with van der Waals surface area (Å²) in [5, 5.41) is 2.86. The van der Waals surface area contributed by atoms with Gasteiger partial charge in [0.05, 0.1) is 5.41 Å². The van der Waals surface area contributed by atoms with Gasteiger partial charge in [-0.25, -0.2) is 4.79 Å². The second-order valence-electron chi connectivity index (χ2n) is 7.76. The molecule has 26 heavy (non-hydrogen) atoms. The van der Waals surface area contributed by atoms with Crippen LogP contribution in [0.15, 0.2) is 36.4 Å². The number of primary amides is 1. The molecule has 2 atom stereocenters. The van der Waals surface area contributed by atoms with Crippen molar-refractivity contribution < 1.29 is 19.1 Å². The van der Waals surface area contributed by atoms with Crippen molar-refractivity contribution in [3.63, 3.8) is 0 Å². The third-order valence-electron chi connectivity index (χ3n) is 4.55. The minimum atomic E-state index is -0.984. The van der Waals surface area contributed by atoms with E-state index < -0.39 is 29.1 Å². The van der Waals surface area contributed by atoms with Crippen molar-refractivity contribution >= 4 is 23.6 Å². The van der Waals surface area contributed by atoms with Crippen molar-refractivity contribution in [2.45, 2.75) is 38.8 Å². The van der Waals surface area contributed by atoms with Crippen LogP contribution in [0, 0.1) is 5.41 Å². The van der Waals surface area contributed by atoms with E-state index in [2.05, 4.69) is 5.32 Å². The number of ether oxygens (including phenoxy) is 1. The van der Waals surface area contributed by atoms with Gasteiger partial charge in [-0.15, -0.1) is 0 Å². The van der Waals surface area contributed by atoms with Crippen LogP contribution in [0.4, 0.5) is 4.79 Å². The fraction of sp³-hybridized carbons (Fsp3) is 0.421. The first-order chi connectivity index (χ1) is 12.1. The number of benzene rings is 1. The fourth-order valence-electron chi connectivity index (χ4n) is 3.37. The van der Waals surface area contributed by atoms with E-state index in [1.807, 2.05) is 30.3 Å². The lowest BCUT2D eigenvalue weighted by Gasteiger charge is -2.27. The second-order valence-corrected chi connectivity index (χ2v) is 7.76. The standard InChI is InChI=1S/C19H23N3O4/c1-18(2,3)26-17(25)22-11-19(10-14(22)15(20)23)9-13(21-16(19)24)12-7-5-4-6-8-12/h4-9,14H,10-11H2,1-3H3,(H2,20,23)(H,21,24)/t14-,19-/m0/s1. The van der Waals surface area contributed by atoms with Gasteiger partial charge in [0.2, 0.25) is 11.8 Å². The first kappa shape index (κ1) is 18.0. The molecule has 0 radical (unpaired) electrons. The molecular weight excluding hydrogens is 334 g/mol. The molecular formula is C19H23N3O4. The van der Waals surface area contributed by atoms with Gasteiger partial charge in [0.25, 0.3) is 0 Å². The van der Waals surface area contributed by atoms with Gasteiger partial charge in [-0.1, -0.05) is 30.3 Å². The number of carbonyl (C=O) groups excluding carboxylic acids is 3. The zero-order chi connectivity index (χ0) is 19.1. The molecule has 138 valence electrons. The highest BCUT2D eigenvalue weighted by Gasteiger charge is 2.54. The maximum absolute atomic E-state index is 12.7. The Bertz CT molecular complexity index is 782. The molecule has 2 aliphatic rings. The predicted octanol–water partition coefficient (Wildman–Crippen LogP) is 1.64. The van der Waals surface area contributed by atoms with Gasteiger partial charge in [-0.2, -0.15) is 0 Å². The number of likely N-dealkylation sites (tertiary alicyclic amines) is 1. The number of hydrogen-bond acceptors (Lipinski definition) is 4. The summed E-state index contributed by atoms with van der Waals surface area (Å²) < 4.78 is 5.38. The quantitative estimate of drug-likeness (QED) is 0.840. The second kappa shape index (κ2) is 6.16. The molecule has 0 saturated carbocycles. The van der Waals surface area contributed by atoms with E-state index in [0.717, 1.165) is 5.56 Å². The zero-order valence-corrected chi connectivity index (χ0v) is 15.1. The Kier molecular flexibility index (Phi) is 4.26. The molecule has 3 N–H and O–H groups in total. The minimum Gasteiger partial charge on any atom is -0.444 e. The number of hydrogen-bond donors (Lipinski definition) is 2. The first-order valence-electron chi connectivity index (χ1n) is 8.50. The van der Waals surface area contributed by atoms with Gasteiger partial charge < -0.3 is 15.8 Å². The maximum atomic E-state index is 12.7. The molecule has 7 heteroatoms. The number of nitrogens with two attached hydrogens (primary N) is 1. The number of amides is 3. The molecule has 1 aromatic carbocycles. The van der Waals surface area contributed by atoms with Crippen molar-refractivity contribution in [1.82, 2.24) is 10.2 Å². The summed E-state index contributed by atoms with van der Waals surface area (Å²) in [6, 6.07) is 8.53. The van der Waals surface area contributed by atoms with Gasteiger partial charge >= 0.3 is 6.09 Å².